The van der Waals surface area contributed by atoms with E-state index in [2.05, 4.69) is 0 Å². The summed E-state index contributed by atoms with van der Waals surface area (Å²) in [7, 11) is 0. The molecule has 0 spiro atoms. The van der Waals surface area contributed by atoms with Gasteiger partial charge in [0.2, 0.25) is 0 Å². The first-order valence-corrected chi connectivity index (χ1v) is 5.12. The molecule has 0 aromatic heterocycles. The topological polar surface area (TPSA) is 66.9 Å². The maximum Gasteiger partial charge on any atom is 0.429 e. The number of hydrogen-bond acceptors (Lipinski definition) is 4. The molecule has 1 aromatic rings. The minimum Gasteiger partial charge on any atom is -0.446 e. The lowest BCUT2D eigenvalue weighted by atomic mass is 10.1. The van der Waals surface area contributed by atoms with E-state index >= 15 is 0 Å². The third-order valence-electron chi connectivity index (χ3n) is 2.75. The summed E-state index contributed by atoms with van der Waals surface area (Å²) in [4.78, 5) is 35.4. The van der Waals surface area contributed by atoms with Gasteiger partial charge in [-0.25, -0.2) is 9.80 Å². The Morgan fingerprint density at radius 1 is 1.00 bits per heavy atom. The second kappa shape index (κ2) is 3.31. The first kappa shape index (κ1) is 9.83. The zero-order chi connectivity index (χ0) is 12.0. The standard InChI is InChI=1S/C11H8N2O4/c14-9-7-3-1-2-4-8(7)10(15)13(9)12-5-6-17-11(12)16/h1-4H,5-6H2. The zero-order valence-electron chi connectivity index (χ0n) is 8.75. The molecule has 2 aliphatic rings. The third kappa shape index (κ3) is 1.24. The van der Waals surface area contributed by atoms with E-state index in [4.69, 9.17) is 4.74 Å². The van der Waals surface area contributed by atoms with Crippen molar-refractivity contribution in [3.05, 3.63) is 35.4 Å². The largest absolute Gasteiger partial charge is 0.446 e. The summed E-state index contributed by atoms with van der Waals surface area (Å²) in [6.45, 7) is 0.399. The minimum atomic E-state index is -0.667. The van der Waals surface area contributed by atoms with Crippen molar-refractivity contribution in [2.75, 3.05) is 13.2 Å². The molecule has 2 heterocycles. The summed E-state index contributed by atoms with van der Waals surface area (Å²) >= 11 is 0. The summed E-state index contributed by atoms with van der Waals surface area (Å²) in [6.07, 6.45) is -0.667. The fraction of sp³-hybridized carbons (Fsp3) is 0.182. The number of carbonyl (C=O) groups is 3. The molecular weight excluding hydrogens is 224 g/mol. The monoisotopic (exact) mass is 232 g/mol. The number of amides is 3. The van der Waals surface area contributed by atoms with Gasteiger partial charge in [-0.2, -0.15) is 5.01 Å². The number of hydrazine groups is 1. The lowest BCUT2D eigenvalue weighted by Crippen LogP contribution is -2.46. The molecule has 3 rings (SSSR count). The highest BCUT2D eigenvalue weighted by Crippen LogP contribution is 2.25. The van der Waals surface area contributed by atoms with Crippen LogP contribution in [0.25, 0.3) is 0 Å². The average molecular weight is 232 g/mol. The third-order valence-corrected chi connectivity index (χ3v) is 2.75. The number of fused-ring (bicyclic) bond motifs is 1. The molecule has 6 heteroatoms. The van der Waals surface area contributed by atoms with Gasteiger partial charge in [0.15, 0.2) is 0 Å². The van der Waals surface area contributed by atoms with Gasteiger partial charge in [0, 0.05) is 0 Å². The molecule has 0 unspecified atom stereocenters. The Morgan fingerprint density at radius 3 is 2.06 bits per heavy atom. The van der Waals surface area contributed by atoms with Crippen molar-refractivity contribution in [1.82, 2.24) is 10.0 Å². The Labute approximate surface area is 96.3 Å². The van der Waals surface area contributed by atoms with E-state index in [0.717, 1.165) is 10.0 Å². The van der Waals surface area contributed by atoms with E-state index in [1.54, 1.807) is 24.3 Å². The molecule has 1 fully saturated rings. The van der Waals surface area contributed by atoms with Crippen LogP contribution in [-0.4, -0.2) is 41.1 Å². The normalized spacial score (nSPS) is 18.7. The Balaban J connectivity index is 2.03. The fourth-order valence-electron chi connectivity index (χ4n) is 1.96. The van der Waals surface area contributed by atoms with E-state index in [1.165, 1.54) is 0 Å². The van der Waals surface area contributed by atoms with Gasteiger partial charge in [0.05, 0.1) is 17.7 Å². The van der Waals surface area contributed by atoms with Crippen LogP contribution in [0.4, 0.5) is 4.79 Å². The Bertz CT molecular complexity index is 505. The molecule has 0 radical (unpaired) electrons. The van der Waals surface area contributed by atoms with E-state index < -0.39 is 17.9 Å². The predicted octanol–water partition coefficient (Wildman–Crippen LogP) is 0.650. The van der Waals surface area contributed by atoms with Gasteiger partial charge in [-0.1, -0.05) is 12.1 Å². The van der Waals surface area contributed by atoms with Crippen LogP contribution in [0.2, 0.25) is 0 Å². The number of cyclic esters (lactones) is 1. The average Bonchev–Trinajstić information content (AvgIpc) is 2.84. The molecule has 86 valence electrons. The Kier molecular flexibility index (Phi) is 1.91. The number of imide groups is 1. The summed E-state index contributed by atoms with van der Waals surface area (Å²) in [5.74, 6) is -0.964. The molecule has 0 aliphatic carbocycles. The Morgan fingerprint density at radius 2 is 1.59 bits per heavy atom. The molecule has 6 nitrogen and oxygen atoms in total. The highest BCUT2D eigenvalue weighted by atomic mass is 16.6. The number of hydrogen-bond donors (Lipinski definition) is 0. The number of rotatable bonds is 1. The molecular formula is C11H8N2O4. The van der Waals surface area contributed by atoms with Gasteiger partial charge >= 0.3 is 6.09 Å². The van der Waals surface area contributed by atoms with Crippen LogP contribution in [0.1, 0.15) is 20.7 Å². The molecule has 0 N–H and O–H groups in total. The van der Waals surface area contributed by atoms with Gasteiger partial charge in [0.1, 0.15) is 6.61 Å². The first-order chi connectivity index (χ1) is 8.20. The van der Waals surface area contributed by atoms with Crippen molar-refractivity contribution in [1.29, 1.82) is 0 Å². The van der Waals surface area contributed by atoms with Crippen LogP contribution in [0.15, 0.2) is 24.3 Å². The smallest absolute Gasteiger partial charge is 0.429 e. The fourth-order valence-corrected chi connectivity index (χ4v) is 1.96. The minimum absolute atomic E-state index is 0.187. The van der Waals surface area contributed by atoms with Crippen LogP contribution in [0.3, 0.4) is 0 Å². The van der Waals surface area contributed by atoms with Crippen molar-refractivity contribution in [2.24, 2.45) is 0 Å². The van der Waals surface area contributed by atoms with E-state index in [-0.39, 0.29) is 13.2 Å². The Hall–Kier alpha value is -2.37. The van der Waals surface area contributed by atoms with Crippen molar-refractivity contribution < 1.29 is 19.1 Å². The van der Waals surface area contributed by atoms with Crippen LogP contribution in [-0.2, 0) is 4.74 Å². The second-order valence-corrected chi connectivity index (χ2v) is 3.71. The maximum absolute atomic E-state index is 12.0. The zero-order valence-corrected chi connectivity index (χ0v) is 8.75. The predicted molar refractivity (Wildman–Crippen MR) is 55.0 cm³/mol. The molecule has 1 aromatic carbocycles. The molecule has 2 aliphatic heterocycles. The van der Waals surface area contributed by atoms with Crippen molar-refractivity contribution in [3.63, 3.8) is 0 Å². The molecule has 17 heavy (non-hydrogen) atoms. The van der Waals surface area contributed by atoms with Gasteiger partial charge in [-0.15, -0.1) is 0 Å². The van der Waals surface area contributed by atoms with Crippen molar-refractivity contribution >= 4 is 17.9 Å². The SMILES string of the molecule is O=C1OCCN1N1C(=O)c2ccccc2C1=O. The summed E-state index contributed by atoms with van der Waals surface area (Å²) in [6, 6.07) is 6.49. The number of nitrogens with zero attached hydrogens (tertiary/aromatic N) is 2. The number of benzene rings is 1. The van der Waals surface area contributed by atoms with Gasteiger partial charge in [0.25, 0.3) is 11.8 Å². The maximum atomic E-state index is 12.0. The van der Waals surface area contributed by atoms with Crippen molar-refractivity contribution in [2.45, 2.75) is 0 Å². The number of ether oxygens (including phenoxy) is 1. The molecule has 0 saturated carbocycles. The van der Waals surface area contributed by atoms with Gasteiger partial charge in [-0.05, 0) is 12.1 Å². The van der Waals surface area contributed by atoms with Gasteiger partial charge in [-0.3, -0.25) is 9.59 Å². The first-order valence-electron chi connectivity index (χ1n) is 5.12. The lowest BCUT2D eigenvalue weighted by molar-refractivity contribution is 0.0219. The van der Waals surface area contributed by atoms with Crippen LogP contribution in [0, 0.1) is 0 Å². The van der Waals surface area contributed by atoms with Crippen LogP contribution >= 0.6 is 0 Å². The summed E-state index contributed by atoms with van der Waals surface area (Å²) < 4.78 is 4.71. The van der Waals surface area contributed by atoms with E-state index in [1.807, 2.05) is 0 Å². The molecule has 0 atom stereocenters. The van der Waals surface area contributed by atoms with Crippen molar-refractivity contribution in [3.8, 4) is 0 Å². The number of carbonyl (C=O) groups excluding carboxylic acids is 3. The quantitative estimate of drug-likeness (QED) is 0.667. The molecule has 1 saturated heterocycles. The van der Waals surface area contributed by atoms with E-state index in [9.17, 15) is 14.4 Å². The second-order valence-electron chi connectivity index (χ2n) is 3.71. The molecule has 0 bridgehead atoms. The van der Waals surface area contributed by atoms with E-state index in [0.29, 0.717) is 11.1 Å². The summed E-state index contributed by atoms with van der Waals surface area (Å²) in [5.41, 5.74) is 0.634. The highest BCUT2D eigenvalue weighted by Gasteiger charge is 2.43. The van der Waals surface area contributed by atoms with Gasteiger partial charge < -0.3 is 4.74 Å². The van der Waals surface area contributed by atoms with Crippen LogP contribution in [0.5, 0.6) is 0 Å². The summed E-state index contributed by atoms with van der Waals surface area (Å²) in [5, 5.41) is 1.88. The van der Waals surface area contributed by atoms with Crippen LogP contribution < -0.4 is 0 Å². The lowest BCUT2D eigenvalue weighted by Gasteiger charge is -2.22. The molecule has 3 amide bonds. The highest BCUT2D eigenvalue weighted by molar-refractivity contribution is 6.21.